The molecule has 0 bridgehead atoms. The largest absolute Gasteiger partial charge is 0.467 e. The van der Waals surface area contributed by atoms with Crippen molar-refractivity contribution in [1.82, 2.24) is 4.90 Å². The van der Waals surface area contributed by atoms with E-state index in [1.54, 1.807) is 17.2 Å². The van der Waals surface area contributed by atoms with Crippen molar-refractivity contribution in [2.75, 3.05) is 13.1 Å². The minimum absolute atomic E-state index is 0.0102. The third kappa shape index (κ3) is 4.76. The van der Waals surface area contributed by atoms with Crippen LogP contribution in [0.2, 0.25) is 0 Å². The average molecular weight is 263 g/mol. The summed E-state index contributed by atoms with van der Waals surface area (Å²) in [6.45, 7) is 3.18. The molecule has 0 fully saturated rings. The van der Waals surface area contributed by atoms with E-state index < -0.39 is 0 Å². The van der Waals surface area contributed by atoms with Gasteiger partial charge in [0.1, 0.15) is 5.76 Å². The second-order valence-corrected chi connectivity index (χ2v) is 4.47. The quantitative estimate of drug-likeness (QED) is 0.776. The molecule has 0 radical (unpaired) electrons. The zero-order valence-corrected chi connectivity index (χ0v) is 11.3. The summed E-state index contributed by atoms with van der Waals surface area (Å²) in [5.74, 6) is 0.563. The van der Waals surface area contributed by atoms with Gasteiger partial charge in [-0.1, -0.05) is 13.3 Å². The summed E-state index contributed by atoms with van der Waals surface area (Å²) in [4.78, 5) is 14.1. The maximum Gasteiger partial charge on any atom is 0.227 e. The van der Waals surface area contributed by atoms with Crippen LogP contribution in [0.15, 0.2) is 22.8 Å². The number of nitrogens with zero attached hydrogens (tertiary/aromatic N) is 2. The lowest BCUT2D eigenvalue weighted by molar-refractivity contribution is -0.136. The highest BCUT2D eigenvalue weighted by atomic mass is 16.3. The molecule has 5 heteroatoms. The van der Waals surface area contributed by atoms with Crippen LogP contribution < -0.4 is 5.73 Å². The Hall–Kier alpha value is -1.80. The van der Waals surface area contributed by atoms with Gasteiger partial charge in [0.05, 0.1) is 31.2 Å². The molecule has 0 aromatic carbocycles. The summed E-state index contributed by atoms with van der Waals surface area (Å²) in [5.41, 5.74) is 5.66. The fourth-order valence-electron chi connectivity index (χ4n) is 1.99. The highest BCUT2D eigenvalue weighted by Gasteiger charge is 2.23. The Kier molecular flexibility index (Phi) is 6.69. The summed E-state index contributed by atoms with van der Waals surface area (Å²) in [7, 11) is 0. The van der Waals surface area contributed by atoms with Gasteiger partial charge in [0.25, 0.3) is 0 Å². The minimum Gasteiger partial charge on any atom is -0.467 e. The number of carbonyl (C=O) groups is 1. The van der Waals surface area contributed by atoms with Crippen molar-refractivity contribution in [1.29, 1.82) is 5.26 Å². The highest BCUT2D eigenvalue weighted by molar-refractivity contribution is 5.79. The third-order valence-corrected chi connectivity index (χ3v) is 3.00. The van der Waals surface area contributed by atoms with Crippen LogP contribution in [0.5, 0.6) is 0 Å². The normalized spacial score (nSPS) is 11.8. The molecule has 19 heavy (non-hydrogen) atoms. The van der Waals surface area contributed by atoms with E-state index in [1.165, 1.54) is 0 Å². The van der Waals surface area contributed by atoms with E-state index in [2.05, 4.69) is 6.07 Å². The van der Waals surface area contributed by atoms with Crippen molar-refractivity contribution in [3.8, 4) is 6.07 Å². The summed E-state index contributed by atoms with van der Waals surface area (Å²) in [5, 5.41) is 8.69. The Labute approximate surface area is 114 Å². The van der Waals surface area contributed by atoms with Crippen LogP contribution in [0.3, 0.4) is 0 Å². The summed E-state index contributed by atoms with van der Waals surface area (Å²) in [6.07, 6.45) is 3.58. The zero-order valence-electron chi connectivity index (χ0n) is 11.3. The number of nitrogens with two attached hydrogens (primary N) is 1. The molecule has 1 amide bonds. The van der Waals surface area contributed by atoms with E-state index in [0.29, 0.717) is 26.1 Å². The van der Waals surface area contributed by atoms with Crippen molar-refractivity contribution < 1.29 is 9.21 Å². The molecule has 0 aliphatic heterocycles. The van der Waals surface area contributed by atoms with Gasteiger partial charge in [-0.3, -0.25) is 4.79 Å². The second-order valence-electron chi connectivity index (χ2n) is 4.47. The van der Waals surface area contributed by atoms with E-state index >= 15 is 0 Å². The van der Waals surface area contributed by atoms with Gasteiger partial charge < -0.3 is 15.1 Å². The van der Waals surface area contributed by atoms with Crippen LogP contribution in [0.4, 0.5) is 0 Å². The van der Waals surface area contributed by atoms with Gasteiger partial charge in [-0.15, -0.1) is 0 Å². The topological polar surface area (TPSA) is 83.3 Å². The maximum absolute atomic E-state index is 12.4. The molecule has 1 unspecified atom stereocenters. The number of amides is 1. The van der Waals surface area contributed by atoms with Crippen molar-refractivity contribution in [2.24, 2.45) is 11.7 Å². The van der Waals surface area contributed by atoms with Gasteiger partial charge in [-0.2, -0.15) is 5.26 Å². The Balaban J connectivity index is 2.71. The number of rotatable bonds is 8. The van der Waals surface area contributed by atoms with Gasteiger partial charge in [0.15, 0.2) is 0 Å². The molecule has 0 saturated carbocycles. The minimum atomic E-state index is -0.168. The molecule has 0 saturated heterocycles. The number of hydrogen-bond donors (Lipinski definition) is 1. The van der Waals surface area contributed by atoms with Crippen LogP contribution in [-0.2, 0) is 11.3 Å². The van der Waals surface area contributed by atoms with E-state index in [0.717, 1.165) is 18.6 Å². The van der Waals surface area contributed by atoms with Crippen LogP contribution in [0.25, 0.3) is 0 Å². The smallest absolute Gasteiger partial charge is 0.227 e. The molecule has 1 aromatic rings. The first-order valence-corrected chi connectivity index (χ1v) is 6.61. The molecular weight excluding hydrogens is 242 g/mol. The van der Waals surface area contributed by atoms with Crippen LogP contribution in [-0.4, -0.2) is 23.9 Å². The van der Waals surface area contributed by atoms with Gasteiger partial charge in [-0.05, 0) is 18.6 Å². The van der Waals surface area contributed by atoms with E-state index in [9.17, 15) is 4.79 Å². The maximum atomic E-state index is 12.4. The standard InChI is InChI=1S/C14H21N3O2/c1-2-5-12(10-16)14(18)17(8-4-7-15)11-13-6-3-9-19-13/h3,6,9,12H,2,4-5,8,10-11,16H2,1H3. The SMILES string of the molecule is CCCC(CN)C(=O)N(CCC#N)Cc1ccco1. The van der Waals surface area contributed by atoms with Crippen LogP contribution in [0, 0.1) is 17.2 Å². The van der Waals surface area contributed by atoms with E-state index in [-0.39, 0.29) is 11.8 Å². The summed E-state index contributed by atoms with van der Waals surface area (Å²) < 4.78 is 5.26. The van der Waals surface area contributed by atoms with Gasteiger partial charge in [0, 0.05) is 13.1 Å². The first-order valence-electron chi connectivity index (χ1n) is 6.61. The van der Waals surface area contributed by atoms with Crippen LogP contribution >= 0.6 is 0 Å². The lowest BCUT2D eigenvalue weighted by Crippen LogP contribution is -2.39. The first-order chi connectivity index (χ1) is 9.22. The molecule has 1 heterocycles. The van der Waals surface area contributed by atoms with Gasteiger partial charge in [-0.25, -0.2) is 0 Å². The fourth-order valence-corrected chi connectivity index (χ4v) is 1.99. The number of furan rings is 1. The Morgan fingerprint density at radius 1 is 1.63 bits per heavy atom. The molecule has 1 rings (SSSR count). The molecule has 0 spiro atoms. The predicted molar refractivity (Wildman–Crippen MR) is 71.8 cm³/mol. The zero-order chi connectivity index (χ0) is 14.1. The molecule has 1 atom stereocenters. The van der Waals surface area contributed by atoms with Crippen molar-refractivity contribution in [3.05, 3.63) is 24.2 Å². The van der Waals surface area contributed by atoms with Gasteiger partial charge >= 0.3 is 0 Å². The number of carbonyl (C=O) groups excluding carboxylic acids is 1. The fraction of sp³-hybridized carbons (Fsp3) is 0.571. The van der Waals surface area contributed by atoms with Crippen LogP contribution in [0.1, 0.15) is 31.9 Å². The van der Waals surface area contributed by atoms with Crippen molar-refractivity contribution in [3.63, 3.8) is 0 Å². The highest BCUT2D eigenvalue weighted by Crippen LogP contribution is 2.13. The molecule has 5 nitrogen and oxygen atoms in total. The molecule has 0 aliphatic rings. The first kappa shape index (κ1) is 15.3. The Bertz CT molecular complexity index is 409. The Morgan fingerprint density at radius 3 is 2.95 bits per heavy atom. The average Bonchev–Trinajstić information content (AvgIpc) is 2.93. The Morgan fingerprint density at radius 2 is 2.42 bits per heavy atom. The number of hydrogen-bond acceptors (Lipinski definition) is 4. The molecule has 1 aromatic heterocycles. The van der Waals surface area contributed by atoms with Crippen molar-refractivity contribution >= 4 is 5.91 Å². The summed E-state index contributed by atoms with van der Waals surface area (Å²) in [6, 6.07) is 5.68. The number of nitriles is 1. The summed E-state index contributed by atoms with van der Waals surface area (Å²) >= 11 is 0. The molecular formula is C14H21N3O2. The van der Waals surface area contributed by atoms with Crippen molar-refractivity contribution in [2.45, 2.75) is 32.7 Å². The van der Waals surface area contributed by atoms with E-state index in [1.807, 2.05) is 13.0 Å². The monoisotopic (exact) mass is 263 g/mol. The van der Waals surface area contributed by atoms with Gasteiger partial charge in [0.2, 0.25) is 5.91 Å². The molecule has 104 valence electrons. The second kappa shape index (κ2) is 8.33. The lowest BCUT2D eigenvalue weighted by atomic mass is 10.0. The molecule has 0 aliphatic carbocycles. The molecule has 2 N–H and O–H groups in total. The van der Waals surface area contributed by atoms with E-state index in [4.69, 9.17) is 15.4 Å². The lowest BCUT2D eigenvalue weighted by Gasteiger charge is -2.25. The predicted octanol–water partition coefficient (Wildman–Crippen LogP) is 1.90. The third-order valence-electron chi connectivity index (χ3n) is 3.00.